The first kappa shape index (κ1) is 12.1. The van der Waals surface area contributed by atoms with E-state index in [2.05, 4.69) is 15.5 Å². The Morgan fingerprint density at radius 1 is 1.53 bits per heavy atom. The normalized spacial score (nSPS) is 13.7. The largest absolute Gasteiger partial charge is 0.308 e. The van der Waals surface area contributed by atoms with Crippen molar-refractivity contribution in [3.05, 3.63) is 24.0 Å². The van der Waals surface area contributed by atoms with Crippen molar-refractivity contribution < 1.29 is 8.42 Å². The van der Waals surface area contributed by atoms with Crippen molar-refractivity contribution in [1.82, 2.24) is 15.5 Å². The Kier molecular flexibility index (Phi) is 4.16. The van der Waals surface area contributed by atoms with E-state index in [0.29, 0.717) is 6.54 Å². The highest BCUT2D eigenvalue weighted by atomic mass is 32.2. The first-order valence-corrected chi connectivity index (χ1v) is 6.71. The van der Waals surface area contributed by atoms with Crippen molar-refractivity contribution >= 4 is 9.84 Å². The maximum absolute atomic E-state index is 11.0. The van der Waals surface area contributed by atoms with Gasteiger partial charge in [-0.2, -0.15) is 10.2 Å². The van der Waals surface area contributed by atoms with Gasteiger partial charge in [-0.3, -0.25) is 0 Å². The number of hydrogen-bond donors (Lipinski definition) is 1. The molecule has 0 radical (unpaired) electrons. The second-order valence-electron chi connectivity index (χ2n) is 3.59. The van der Waals surface area contributed by atoms with Crippen molar-refractivity contribution in [2.45, 2.75) is 19.5 Å². The van der Waals surface area contributed by atoms with Crippen LogP contribution < -0.4 is 5.32 Å². The van der Waals surface area contributed by atoms with Crippen LogP contribution in [0.3, 0.4) is 0 Å². The Morgan fingerprint density at radius 2 is 2.27 bits per heavy atom. The van der Waals surface area contributed by atoms with Gasteiger partial charge in [-0.05, 0) is 19.1 Å². The van der Waals surface area contributed by atoms with Crippen LogP contribution in [0.2, 0.25) is 0 Å². The van der Waals surface area contributed by atoms with Gasteiger partial charge < -0.3 is 5.32 Å². The fraction of sp³-hybridized carbons (Fsp3) is 0.556. The van der Waals surface area contributed by atoms with Gasteiger partial charge in [0.2, 0.25) is 0 Å². The molecule has 84 valence electrons. The number of rotatable bonds is 5. The van der Waals surface area contributed by atoms with Gasteiger partial charge in [0.1, 0.15) is 9.84 Å². The van der Waals surface area contributed by atoms with Gasteiger partial charge in [0.05, 0.1) is 11.4 Å². The Bertz CT molecular complexity index is 391. The Morgan fingerprint density at radius 3 is 2.80 bits per heavy atom. The van der Waals surface area contributed by atoms with Gasteiger partial charge in [0.25, 0.3) is 0 Å². The third kappa shape index (κ3) is 5.44. The third-order valence-corrected chi connectivity index (χ3v) is 2.92. The van der Waals surface area contributed by atoms with Crippen LogP contribution in [0.25, 0.3) is 0 Å². The number of nitrogens with one attached hydrogen (secondary N) is 1. The maximum atomic E-state index is 11.0. The van der Waals surface area contributed by atoms with Crippen molar-refractivity contribution in [2.24, 2.45) is 0 Å². The van der Waals surface area contributed by atoms with E-state index < -0.39 is 9.84 Å². The lowest BCUT2D eigenvalue weighted by Crippen LogP contribution is -2.32. The molecule has 1 rings (SSSR count). The molecule has 0 aliphatic carbocycles. The predicted molar refractivity (Wildman–Crippen MR) is 58.0 cm³/mol. The van der Waals surface area contributed by atoms with Crippen molar-refractivity contribution in [2.75, 3.05) is 12.0 Å². The van der Waals surface area contributed by atoms with Crippen molar-refractivity contribution in [3.8, 4) is 0 Å². The minimum Gasteiger partial charge on any atom is -0.308 e. The van der Waals surface area contributed by atoms with Crippen molar-refractivity contribution in [1.29, 1.82) is 0 Å². The Hall–Kier alpha value is -1.01. The predicted octanol–water partition coefficient (Wildman–Crippen LogP) is -0.000700. The number of sulfone groups is 1. The summed E-state index contributed by atoms with van der Waals surface area (Å²) >= 11 is 0. The van der Waals surface area contributed by atoms with Crippen LogP contribution in [-0.4, -0.2) is 36.7 Å². The summed E-state index contributed by atoms with van der Waals surface area (Å²) in [7, 11) is -2.93. The second kappa shape index (κ2) is 5.18. The molecule has 1 N–H and O–H groups in total. The van der Waals surface area contributed by atoms with Crippen LogP contribution in [0.15, 0.2) is 18.3 Å². The summed E-state index contributed by atoms with van der Waals surface area (Å²) in [5, 5.41) is 10.7. The number of aromatic nitrogens is 2. The summed E-state index contributed by atoms with van der Waals surface area (Å²) in [6.07, 6.45) is 2.83. The first-order valence-electron chi connectivity index (χ1n) is 4.65. The molecular formula is C9H15N3O2S. The highest BCUT2D eigenvalue weighted by Crippen LogP contribution is 1.94. The SMILES string of the molecule is CC(CS(C)(=O)=O)NCc1cccnn1. The summed E-state index contributed by atoms with van der Waals surface area (Å²) in [6.45, 7) is 2.36. The molecular weight excluding hydrogens is 214 g/mol. The zero-order valence-corrected chi connectivity index (χ0v) is 9.66. The molecule has 15 heavy (non-hydrogen) atoms. The summed E-state index contributed by atoms with van der Waals surface area (Å²) in [6, 6.07) is 3.56. The van der Waals surface area contributed by atoms with Crippen LogP contribution >= 0.6 is 0 Å². The fourth-order valence-electron chi connectivity index (χ4n) is 1.22. The molecule has 1 heterocycles. The average molecular weight is 229 g/mol. The summed E-state index contributed by atoms with van der Waals surface area (Å²) in [5.74, 6) is 0.132. The smallest absolute Gasteiger partial charge is 0.148 e. The molecule has 0 spiro atoms. The lowest BCUT2D eigenvalue weighted by atomic mass is 10.3. The molecule has 0 saturated heterocycles. The zero-order chi connectivity index (χ0) is 11.3. The number of nitrogens with zero attached hydrogens (tertiary/aromatic N) is 2. The average Bonchev–Trinajstić information content (AvgIpc) is 2.14. The van der Waals surface area contributed by atoms with Crippen LogP contribution in [0.4, 0.5) is 0 Å². The number of hydrogen-bond acceptors (Lipinski definition) is 5. The molecule has 0 aliphatic rings. The van der Waals surface area contributed by atoms with E-state index in [0.717, 1.165) is 5.69 Å². The lowest BCUT2D eigenvalue weighted by molar-refractivity contribution is 0.554. The Labute approximate surface area is 89.8 Å². The summed E-state index contributed by atoms with van der Waals surface area (Å²) < 4.78 is 22.0. The van der Waals surface area contributed by atoms with E-state index in [9.17, 15) is 8.42 Å². The molecule has 1 aromatic rings. The molecule has 1 unspecified atom stereocenters. The van der Waals surface area contributed by atoms with E-state index in [1.54, 1.807) is 12.3 Å². The molecule has 1 atom stereocenters. The highest BCUT2D eigenvalue weighted by molar-refractivity contribution is 7.90. The Balaban J connectivity index is 2.38. The highest BCUT2D eigenvalue weighted by Gasteiger charge is 2.09. The van der Waals surface area contributed by atoms with E-state index in [1.807, 2.05) is 13.0 Å². The van der Waals surface area contributed by atoms with E-state index in [4.69, 9.17) is 0 Å². The van der Waals surface area contributed by atoms with Crippen LogP contribution in [0.1, 0.15) is 12.6 Å². The monoisotopic (exact) mass is 229 g/mol. The maximum Gasteiger partial charge on any atom is 0.148 e. The molecule has 0 saturated carbocycles. The molecule has 6 heteroatoms. The van der Waals surface area contributed by atoms with E-state index in [1.165, 1.54) is 6.26 Å². The van der Waals surface area contributed by atoms with Crippen LogP contribution in [0, 0.1) is 0 Å². The third-order valence-electron chi connectivity index (χ3n) is 1.81. The van der Waals surface area contributed by atoms with Gasteiger partial charge in [-0.25, -0.2) is 8.42 Å². The van der Waals surface area contributed by atoms with Crippen LogP contribution in [-0.2, 0) is 16.4 Å². The van der Waals surface area contributed by atoms with Gasteiger partial charge in [-0.15, -0.1) is 0 Å². The first-order chi connectivity index (χ1) is 6.97. The molecule has 0 aromatic carbocycles. The molecule has 1 aromatic heterocycles. The van der Waals surface area contributed by atoms with Crippen LogP contribution in [0.5, 0.6) is 0 Å². The molecule has 0 aliphatic heterocycles. The second-order valence-corrected chi connectivity index (χ2v) is 5.77. The summed E-state index contributed by atoms with van der Waals surface area (Å²) in [4.78, 5) is 0. The van der Waals surface area contributed by atoms with E-state index in [-0.39, 0.29) is 11.8 Å². The zero-order valence-electron chi connectivity index (χ0n) is 8.84. The molecule has 0 amide bonds. The minimum atomic E-state index is -2.93. The molecule has 0 bridgehead atoms. The topological polar surface area (TPSA) is 72.0 Å². The standard InChI is InChI=1S/C9H15N3O2S/c1-8(7-15(2,13)14)10-6-9-4-3-5-11-12-9/h3-5,8,10H,6-7H2,1-2H3. The van der Waals surface area contributed by atoms with Gasteiger partial charge in [0.15, 0.2) is 0 Å². The fourth-order valence-corrected chi connectivity index (χ4v) is 2.25. The van der Waals surface area contributed by atoms with E-state index >= 15 is 0 Å². The van der Waals surface area contributed by atoms with Gasteiger partial charge in [-0.1, -0.05) is 0 Å². The lowest BCUT2D eigenvalue weighted by Gasteiger charge is -2.11. The van der Waals surface area contributed by atoms with Crippen molar-refractivity contribution in [3.63, 3.8) is 0 Å². The molecule has 5 nitrogen and oxygen atoms in total. The summed E-state index contributed by atoms with van der Waals surface area (Å²) in [5.41, 5.74) is 0.804. The minimum absolute atomic E-state index is 0.0815. The molecule has 0 fully saturated rings. The quantitative estimate of drug-likeness (QED) is 0.769. The van der Waals surface area contributed by atoms with Gasteiger partial charge in [0, 0.05) is 25.0 Å². The van der Waals surface area contributed by atoms with Gasteiger partial charge >= 0.3 is 0 Å².